The van der Waals surface area contributed by atoms with Crippen LogP contribution in [0.5, 0.6) is 0 Å². The number of carbonyl (C=O) groups is 3. The number of hydrogen-bond donors (Lipinski definition) is 0. The van der Waals surface area contributed by atoms with Gasteiger partial charge in [-0.05, 0) is 44.0 Å². The lowest BCUT2D eigenvalue weighted by Crippen LogP contribution is -2.41. The number of furan rings is 1. The van der Waals surface area contributed by atoms with E-state index in [-0.39, 0.29) is 30.3 Å². The van der Waals surface area contributed by atoms with Crippen LogP contribution in [0, 0.1) is 5.92 Å². The summed E-state index contributed by atoms with van der Waals surface area (Å²) in [5.74, 6) is -0.823. The van der Waals surface area contributed by atoms with E-state index in [1.54, 1.807) is 21.9 Å². The number of rotatable bonds is 6. The first-order chi connectivity index (χ1) is 13.6. The SMILES string of the molecule is CCN(C(=O)COC(=O)C1CCN(C(=O)c2ccco2)CC1)c1ccccc1. The second-order valence-electron chi connectivity index (χ2n) is 6.63. The van der Waals surface area contributed by atoms with Crippen molar-refractivity contribution in [2.24, 2.45) is 5.92 Å². The number of amides is 2. The summed E-state index contributed by atoms with van der Waals surface area (Å²) in [5.41, 5.74) is 0.774. The van der Waals surface area contributed by atoms with Crippen molar-refractivity contribution in [3.05, 3.63) is 54.5 Å². The van der Waals surface area contributed by atoms with Crippen molar-refractivity contribution < 1.29 is 23.5 Å². The minimum absolute atomic E-state index is 0.173. The normalized spacial score (nSPS) is 14.5. The third kappa shape index (κ3) is 4.60. The van der Waals surface area contributed by atoms with Crippen molar-refractivity contribution in [2.75, 3.05) is 31.1 Å². The molecule has 2 amide bonds. The number of benzene rings is 1. The first-order valence-electron chi connectivity index (χ1n) is 9.45. The lowest BCUT2D eigenvalue weighted by Gasteiger charge is -2.30. The highest BCUT2D eigenvalue weighted by Crippen LogP contribution is 2.21. The molecule has 7 heteroatoms. The van der Waals surface area contributed by atoms with Gasteiger partial charge in [0.15, 0.2) is 12.4 Å². The fraction of sp³-hybridized carbons (Fsp3) is 0.381. The third-order valence-corrected chi connectivity index (χ3v) is 4.87. The van der Waals surface area contributed by atoms with E-state index in [1.165, 1.54) is 6.26 Å². The number of para-hydroxylation sites is 1. The maximum absolute atomic E-state index is 12.4. The molecule has 3 rings (SSSR count). The molecule has 0 radical (unpaired) electrons. The molecule has 0 bridgehead atoms. The maximum atomic E-state index is 12.4. The van der Waals surface area contributed by atoms with Crippen LogP contribution in [0.1, 0.15) is 30.3 Å². The van der Waals surface area contributed by atoms with Gasteiger partial charge < -0.3 is 19.0 Å². The number of piperidine rings is 1. The molecule has 28 heavy (non-hydrogen) atoms. The molecule has 1 aliphatic rings. The quantitative estimate of drug-likeness (QED) is 0.716. The standard InChI is InChI=1S/C21H24N2O5/c1-2-23(17-7-4-3-5-8-17)19(24)15-28-21(26)16-10-12-22(13-11-16)20(25)18-9-6-14-27-18/h3-9,14,16H,2,10-13,15H2,1H3. The van der Waals surface area contributed by atoms with Crippen molar-refractivity contribution in [3.8, 4) is 0 Å². The molecule has 1 aromatic carbocycles. The van der Waals surface area contributed by atoms with Gasteiger partial charge in [-0.15, -0.1) is 0 Å². The van der Waals surface area contributed by atoms with Gasteiger partial charge in [0.25, 0.3) is 11.8 Å². The van der Waals surface area contributed by atoms with Gasteiger partial charge >= 0.3 is 5.97 Å². The molecular weight excluding hydrogens is 360 g/mol. The Balaban J connectivity index is 1.47. The molecule has 1 fully saturated rings. The molecule has 148 valence electrons. The van der Waals surface area contributed by atoms with E-state index in [4.69, 9.17) is 9.15 Å². The van der Waals surface area contributed by atoms with Crippen LogP contribution in [0.2, 0.25) is 0 Å². The van der Waals surface area contributed by atoms with E-state index in [0.29, 0.717) is 38.2 Å². The van der Waals surface area contributed by atoms with E-state index >= 15 is 0 Å². The largest absolute Gasteiger partial charge is 0.459 e. The molecule has 0 saturated carbocycles. The third-order valence-electron chi connectivity index (χ3n) is 4.87. The van der Waals surface area contributed by atoms with Crippen molar-refractivity contribution in [1.29, 1.82) is 0 Å². The van der Waals surface area contributed by atoms with Crippen LogP contribution in [-0.2, 0) is 14.3 Å². The molecule has 1 aliphatic heterocycles. The minimum Gasteiger partial charge on any atom is -0.459 e. The molecular formula is C21H24N2O5. The molecule has 2 heterocycles. The summed E-state index contributed by atoms with van der Waals surface area (Å²) in [5, 5.41) is 0. The van der Waals surface area contributed by atoms with Gasteiger partial charge in [0.05, 0.1) is 12.2 Å². The summed E-state index contributed by atoms with van der Waals surface area (Å²) in [6.45, 7) is 3.00. The Labute approximate surface area is 163 Å². The van der Waals surface area contributed by atoms with Crippen LogP contribution in [0.15, 0.2) is 53.1 Å². The topological polar surface area (TPSA) is 80.1 Å². The number of likely N-dealkylation sites (tertiary alicyclic amines) is 1. The Bertz CT molecular complexity index is 795. The van der Waals surface area contributed by atoms with Crippen molar-refractivity contribution in [1.82, 2.24) is 4.90 Å². The summed E-state index contributed by atoms with van der Waals surface area (Å²) in [6.07, 6.45) is 2.48. The number of hydrogen-bond acceptors (Lipinski definition) is 5. The van der Waals surface area contributed by atoms with Gasteiger partial charge in [-0.1, -0.05) is 18.2 Å². The predicted molar refractivity (Wildman–Crippen MR) is 103 cm³/mol. The Morgan fingerprint density at radius 3 is 2.43 bits per heavy atom. The van der Waals surface area contributed by atoms with E-state index in [2.05, 4.69) is 0 Å². The number of esters is 1. The van der Waals surface area contributed by atoms with Crippen LogP contribution in [0.25, 0.3) is 0 Å². The number of likely N-dealkylation sites (N-methyl/N-ethyl adjacent to an activating group) is 1. The molecule has 1 aromatic heterocycles. The van der Waals surface area contributed by atoms with Crippen LogP contribution in [0.3, 0.4) is 0 Å². The second kappa shape index (κ2) is 9.21. The first kappa shape index (κ1) is 19.7. The molecule has 7 nitrogen and oxygen atoms in total. The van der Waals surface area contributed by atoms with Crippen LogP contribution >= 0.6 is 0 Å². The van der Waals surface area contributed by atoms with Gasteiger partial charge in [-0.2, -0.15) is 0 Å². The zero-order valence-electron chi connectivity index (χ0n) is 15.9. The molecule has 1 saturated heterocycles. The van der Waals surface area contributed by atoms with Crippen LogP contribution in [0.4, 0.5) is 5.69 Å². The molecule has 0 unspecified atom stereocenters. The Hall–Kier alpha value is -3.09. The second-order valence-corrected chi connectivity index (χ2v) is 6.63. The molecule has 0 spiro atoms. The highest BCUT2D eigenvalue weighted by atomic mass is 16.5. The van der Waals surface area contributed by atoms with E-state index < -0.39 is 0 Å². The maximum Gasteiger partial charge on any atom is 0.309 e. The predicted octanol–water partition coefficient (Wildman–Crippen LogP) is 2.73. The Kier molecular flexibility index (Phi) is 6.47. The summed E-state index contributed by atoms with van der Waals surface area (Å²) >= 11 is 0. The molecule has 2 aromatic rings. The van der Waals surface area contributed by atoms with E-state index in [0.717, 1.165) is 5.69 Å². The minimum atomic E-state index is -0.387. The lowest BCUT2D eigenvalue weighted by atomic mass is 9.97. The van der Waals surface area contributed by atoms with Crippen molar-refractivity contribution in [3.63, 3.8) is 0 Å². The lowest BCUT2D eigenvalue weighted by molar-refractivity contribution is -0.153. The average Bonchev–Trinajstić information content (AvgIpc) is 3.28. The zero-order chi connectivity index (χ0) is 19.9. The fourth-order valence-corrected chi connectivity index (χ4v) is 3.31. The van der Waals surface area contributed by atoms with Gasteiger partial charge in [-0.25, -0.2) is 0 Å². The number of ether oxygens (including phenoxy) is 1. The van der Waals surface area contributed by atoms with Gasteiger partial charge in [0.1, 0.15) is 0 Å². The van der Waals surface area contributed by atoms with Crippen LogP contribution < -0.4 is 4.90 Å². The number of anilines is 1. The van der Waals surface area contributed by atoms with Gasteiger partial charge in [-0.3, -0.25) is 14.4 Å². The highest BCUT2D eigenvalue weighted by molar-refractivity contribution is 5.95. The van der Waals surface area contributed by atoms with Crippen molar-refractivity contribution >= 4 is 23.5 Å². The summed E-state index contributed by atoms with van der Waals surface area (Å²) in [4.78, 5) is 40.3. The first-order valence-corrected chi connectivity index (χ1v) is 9.45. The summed E-state index contributed by atoms with van der Waals surface area (Å²) < 4.78 is 10.4. The molecule has 0 aliphatic carbocycles. The Morgan fingerprint density at radius 2 is 1.82 bits per heavy atom. The van der Waals surface area contributed by atoms with E-state index in [1.807, 2.05) is 37.3 Å². The van der Waals surface area contributed by atoms with E-state index in [9.17, 15) is 14.4 Å². The van der Waals surface area contributed by atoms with Crippen molar-refractivity contribution in [2.45, 2.75) is 19.8 Å². The van der Waals surface area contributed by atoms with Gasteiger partial charge in [0.2, 0.25) is 0 Å². The fourth-order valence-electron chi connectivity index (χ4n) is 3.31. The van der Waals surface area contributed by atoms with Crippen LogP contribution in [-0.4, -0.2) is 48.9 Å². The summed E-state index contributed by atoms with van der Waals surface area (Å²) in [6, 6.07) is 12.6. The number of carbonyl (C=O) groups excluding carboxylic acids is 3. The zero-order valence-corrected chi connectivity index (χ0v) is 15.9. The molecule has 0 N–H and O–H groups in total. The van der Waals surface area contributed by atoms with Gasteiger partial charge in [0, 0.05) is 25.3 Å². The smallest absolute Gasteiger partial charge is 0.309 e. The number of nitrogens with zero attached hydrogens (tertiary/aromatic N) is 2. The monoisotopic (exact) mass is 384 g/mol. The summed E-state index contributed by atoms with van der Waals surface area (Å²) in [7, 11) is 0. The highest BCUT2D eigenvalue weighted by Gasteiger charge is 2.30. The Morgan fingerprint density at radius 1 is 1.11 bits per heavy atom. The average molecular weight is 384 g/mol. The molecule has 0 atom stereocenters.